The molecule has 0 aliphatic rings. The van der Waals surface area contributed by atoms with Crippen molar-refractivity contribution >= 4 is 8.80 Å². The largest absolute Gasteiger partial charge is 0.500 e. The molecule has 0 spiro atoms. The fraction of sp³-hybridized carbons (Fsp3) is 0.833. The van der Waals surface area contributed by atoms with Gasteiger partial charge in [0, 0.05) is 26.9 Å². The smallest absolute Gasteiger partial charge is 0.377 e. The van der Waals surface area contributed by atoms with Gasteiger partial charge in [0.15, 0.2) is 0 Å². The molecule has 0 aliphatic carbocycles. The van der Waals surface area contributed by atoms with E-state index in [4.69, 9.17) is 13.3 Å². The van der Waals surface area contributed by atoms with Gasteiger partial charge in [-0.15, -0.1) is 0 Å². The number of rotatable bonds is 10. The predicted octanol–water partition coefficient (Wildman–Crippen LogP) is 3.39. The van der Waals surface area contributed by atoms with Gasteiger partial charge in [0.1, 0.15) is 0 Å². The molecule has 0 saturated carbocycles. The molecule has 16 heavy (non-hydrogen) atoms. The minimum Gasteiger partial charge on any atom is -0.377 e. The van der Waals surface area contributed by atoms with E-state index in [2.05, 4.69) is 19.1 Å². The summed E-state index contributed by atoms with van der Waals surface area (Å²) < 4.78 is 16.7. The third kappa shape index (κ3) is 6.43. The molecule has 0 heterocycles. The summed E-state index contributed by atoms with van der Waals surface area (Å²) in [5, 5.41) is 0. The van der Waals surface area contributed by atoms with Crippen molar-refractivity contribution in [2.24, 2.45) is 0 Å². The van der Waals surface area contributed by atoms with Gasteiger partial charge >= 0.3 is 8.80 Å². The molecule has 0 N–H and O–H groups in total. The lowest BCUT2D eigenvalue weighted by Gasteiger charge is -2.25. The van der Waals surface area contributed by atoms with Gasteiger partial charge in [0.05, 0.1) is 0 Å². The van der Waals surface area contributed by atoms with Crippen LogP contribution in [0.2, 0.25) is 6.04 Å². The monoisotopic (exact) mass is 246 g/mol. The zero-order valence-electron chi connectivity index (χ0n) is 11.1. The molecule has 0 bridgehead atoms. The van der Waals surface area contributed by atoms with E-state index in [0.717, 1.165) is 38.3 Å². The van der Waals surface area contributed by atoms with E-state index in [1.54, 1.807) is 14.2 Å². The zero-order chi connectivity index (χ0) is 12.3. The predicted molar refractivity (Wildman–Crippen MR) is 69.5 cm³/mol. The molecule has 0 aliphatic heterocycles. The van der Waals surface area contributed by atoms with Gasteiger partial charge in [-0.2, -0.15) is 0 Å². The molecule has 0 aromatic carbocycles. The number of unbranched alkanes of at least 4 members (excludes halogenated alkanes) is 2. The molecule has 3 nitrogen and oxygen atoms in total. The Morgan fingerprint density at radius 1 is 1.12 bits per heavy atom. The van der Waals surface area contributed by atoms with Crippen molar-refractivity contribution in [2.75, 3.05) is 20.8 Å². The molecule has 0 fully saturated rings. The summed E-state index contributed by atoms with van der Waals surface area (Å²) in [6.45, 7) is 4.91. The minimum atomic E-state index is -2.33. The summed E-state index contributed by atoms with van der Waals surface area (Å²) in [6, 6.07) is 0.898. The third-order valence-corrected chi connectivity index (χ3v) is 5.50. The van der Waals surface area contributed by atoms with Gasteiger partial charge < -0.3 is 13.3 Å². The highest BCUT2D eigenvalue weighted by atomic mass is 28.4. The summed E-state index contributed by atoms with van der Waals surface area (Å²) in [5.41, 5.74) is 0. The van der Waals surface area contributed by atoms with Crippen LogP contribution in [0.5, 0.6) is 0 Å². The van der Waals surface area contributed by atoms with Crippen molar-refractivity contribution in [2.45, 2.75) is 45.6 Å². The summed E-state index contributed by atoms with van der Waals surface area (Å²) in [7, 11) is 1.04. The summed E-state index contributed by atoms with van der Waals surface area (Å²) in [6.07, 6.45) is 8.66. The van der Waals surface area contributed by atoms with Crippen LogP contribution in [-0.4, -0.2) is 29.6 Å². The number of hydrogen-bond donors (Lipinski definition) is 0. The summed E-state index contributed by atoms with van der Waals surface area (Å²) in [4.78, 5) is 0. The van der Waals surface area contributed by atoms with Crippen LogP contribution in [0.3, 0.4) is 0 Å². The van der Waals surface area contributed by atoms with E-state index >= 15 is 0 Å². The van der Waals surface area contributed by atoms with Gasteiger partial charge in [-0.3, -0.25) is 0 Å². The zero-order valence-corrected chi connectivity index (χ0v) is 12.1. The van der Waals surface area contributed by atoms with Crippen molar-refractivity contribution in [1.29, 1.82) is 0 Å². The second-order valence-corrected chi connectivity index (χ2v) is 6.73. The van der Waals surface area contributed by atoms with Gasteiger partial charge in [0.2, 0.25) is 0 Å². The van der Waals surface area contributed by atoms with Crippen molar-refractivity contribution < 1.29 is 13.3 Å². The van der Waals surface area contributed by atoms with Crippen LogP contribution >= 0.6 is 0 Å². The van der Waals surface area contributed by atoms with Crippen LogP contribution in [0.25, 0.3) is 0 Å². The highest BCUT2D eigenvalue weighted by Gasteiger charge is 2.37. The Morgan fingerprint density at radius 2 is 1.81 bits per heavy atom. The quantitative estimate of drug-likeness (QED) is 0.336. The van der Waals surface area contributed by atoms with E-state index in [1.165, 1.54) is 0 Å². The van der Waals surface area contributed by atoms with Crippen molar-refractivity contribution in [3.05, 3.63) is 12.2 Å². The molecular weight excluding hydrogens is 220 g/mol. The Bertz CT molecular complexity index is 179. The standard InChI is InChI=1S/C12H26O3Si/c1-5-7-8-9-10-11-15-16(13-3,14-4)12-6-2/h5,7H,6,8-12H2,1-4H3. The van der Waals surface area contributed by atoms with Crippen LogP contribution < -0.4 is 0 Å². The molecule has 0 saturated heterocycles. The van der Waals surface area contributed by atoms with Crippen LogP contribution in [0.1, 0.15) is 39.5 Å². The van der Waals surface area contributed by atoms with Gasteiger partial charge in [-0.25, -0.2) is 0 Å². The maximum atomic E-state index is 5.82. The Kier molecular flexibility index (Phi) is 9.92. The first kappa shape index (κ1) is 15.8. The first-order valence-electron chi connectivity index (χ1n) is 6.10. The number of allylic oxidation sites excluding steroid dienone is 2. The van der Waals surface area contributed by atoms with Gasteiger partial charge in [-0.05, 0) is 26.2 Å². The van der Waals surface area contributed by atoms with Crippen LogP contribution in [0.15, 0.2) is 12.2 Å². The molecular formula is C12H26O3Si. The van der Waals surface area contributed by atoms with Gasteiger partial charge in [0.25, 0.3) is 0 Å². The van der Waals surface area contributed by atoms with Crippen molar-refractivity contribution in [3.63, 3.8) is 0 Å². The Labute approximate surface area is 101 Å². The average Bonchev–Trinajstić information content (AvgIpc) is 2.32. The van der Waals surface area contributed by atoms with Crippen LogP contribution in [0, 0.1) is 0 Å². The first-order chi connectivity index (χ1) is 7.74. The number of hydrogen-bond acceptors (Lipinski definition) is 3. The van der Waals surface area contributed by atoms with E-state index in [-0.39, 0.29) is 0 Å². The maximum Gasteiger partial charge on any atom is 0.500 e. The van der Waals surface area contributed by atoms with E-state index in [1.807, 2.05) is 6.92 Å². The lowest BCUT2D eigenvalue weighted by molar-refractivity contribution is 0.0964. The molecule has 0 aromatic heterocycles. The van der Waals surface area contributed by atoms with Crippen LogP contribution in [-0.2, 0) is 13.3 Å². The fourth-order valence-corrected chi connectivity index (χ4v) is 3.56. The van der Waals surface area contributed by atoms with E-state index in [9.17, 15) is 0 Å². The van der Waals surface area contributed by atoms with Crippen LogP contribution in [0.4, 0.5) is 0 Å². The topological polar surface area (TPSA) is 27.7 Å². The third-order valence-electron chi connectivity index (χ3n) is 2.50. The molecule has 0 unspecified atom stereocenters. The first-order valence-corrected chi connectivity index (χ1v) is 8.03. The summed E-state index contributed by atoms with van der Waals surface area (Å²) in [5.74, 6) is 0. The maximum absolute atomic E-state index is 5.82. The molecule has 0 aromatic rings. The lowest BCUT2D eigenvalue weighted by Crippen LogP contribution is -2.43. The van der Waals surface area contributed by atoms with E-state index in [0.29, 0.717) is 0 Å². The average molecular weight is 246 g/mol. The van der Waals surface area contributed by atoms with Crippen molar-refractivity contribution in [1.82, 2.24) is 0 Å². The second kappa shape index (κ2) is 10.0. The molecule has 0 atom stereocenters. The Hall–Kier alpha value is -0.163. The highest BCUT2D eigenvalue weighted by molar-refractivity contribution is 6.60. The van der Waals surface area contributed by atoms with Crippen molar-refractivity contribution in [3.8, 4) is 0 Å². The lowest BCUT2D eigenvalue weighted by atomic mass is 10.2. The SMILES string of the molecule is CC=CCCCCO[Si](CCC)(OC)OC. The summed E-state index contributed by atoms with van der Waals surface area (Å²) >= 11 is 0. The minimum absolute atomic E-state index is 0.742. The Morgan fingerprint density at radius 3 is 2.31 bits per heavy atom. The molecule has 4 heteroatoms. The van der Waals surface area contributed by atoms with E-state index < -0.39 is 8.80 Å². The normalized spacial score (nSPS) is 12.5. The molecule has 96 valence electrons. The Balaban J connectivity index is 3.75. The molecule has 0 radical (unpaired) electrons. The molecule has 0 rings (SSSR count). The second-order valence-electron chi connectivity index (χ2n) is 3.75. The van der Waals surface area contributed by atoms with Gasteiger partial charge in [-0.1, -0.05) is 25.5 Å². The highest BCUT2D eigenvalue weighted by Crippen LogP contribution is 2.16. The molecule has 0 amide bonds. The fourth-order valence-electron chi connectivity index (χ4n) is 1.54.